The van der Waals surface area contributed by atoms with Crippen molar-refractivity contribution < 1.29 is 14.3 Å². The molecule has 0 amide bonds. The molecule has 4 heteroatoms. The predicted molar refractivity (Wildman–Crippen MR) is 80.2 cm³/mol. The van der Waals surface area contributed by atoms with Gasteiger partial charge in [-0.15, -0.1) is 0 Å². The van der Waals surface area contributed by atoms with Gasteiger partial charge in [-0.2, -0.15) is 0 Å². The van der Waals surface area contributed by atoms with Crippen molar-refractivity contribution in [2.24, 2.45) is 0 Å². The number of carbonyl (C=O) groups excluding carboxylic acids is 1. The van der Waals surface area contributed by atoms with E-state index in [-0.39, 0.29) is 0 Å². The molecule has 0 aliphatic rings. The highest BCUT2D eigenvalue weighted by molar-refractivity contribution is 5.96. The molecule has 0 spiro atoms. The summed E-state index contributed by atoms with van der Waals surface area (Å²) in [6, 6.07) is 5.54. The molecule has 106 valence electrons. The average molecular weight is 273 g/mol. The van der Waals surface area contributed by atoms with Crippen LogP contribution in [-0.4, -0.2) is 23.4 Å². The molecule has 1 heterocycles. The maximum atomic E-state index is 12.2. The van der Waals surface area contributed by atoms with E-state index in [2.05, 4.69) is 6.58 Å². The smallest absolute Gasteiger partial charge is 0.419 e. The maximum Gasteiger partial charge on any atom is 0.419 e. The summed E-state index contributed by atoms with van der Waals surface area (Å²) in [6.45, 7) is 9.30. The van der Waals surface area contributed by atoms with Gasteiger partial charge in [-0.1, -0.05) is 12.7 Å². The highest BCUT2D eigenvalue weighted by Gasteiger charge is 2.20. The number of carbonyl (C=O) groups is 1. The summed E-state index contributed by atoms with van der Waals surface area (Å²) >= 11 is 0. The Kier molecular flexibility index (Phi) is 3.57. The Hall–Kier alpha value is -2.23. The van der Waals surface area contributed by atoms with Crippen LogP contribution in [0.3, 0.4) is 0 Å². The van der Waals surface area contributed by atoms with Gasteiger partial charge in [0.2, 0.25) is 0 Å². The summed E-state index contributed by atoms with van der Waals surface area (Å²) in [6.07, 6.45) is 3.04. The van der Waals surface area contributed by atoms with Gasteiger partial charge in [0.1, 0.15) is 11.4 Å². The number of methoxy groups -OCH3 is 1. The first-order chi connectivity index (χ1) is 9.35. The van der Waals surface area contributed by atoms with Crippen LogP contribution in [0.5, 0.6) is 5.75 Å². The molecule has 0 fully saturated rings. The fraction of sp³-hybridized carbons (Fsp3) is 0.312. The molecule has 0 saturated heterocycles. The van der Waals surface area contributed by atoms with Crippen LogP contribution in [0.2, 0.25) is 0 Å². The van der Waals surface area contributed by atoms with Crippen molar-refractivity contribution in [3.63, 3.8) is 0 Å². The zero-order valence-corrected chi connectivity index (χ0v) is 12.3. The Balaban J connectivity index is 2.55. The number of rotatable bonds is 2. The number of fused-ring (bicyclic) bond motifs is 1. The van der Waals surface area contributed by atoms with Gasteiger partial charge in [0.25, 0.3) is 0 Å². The minimum absolute atomic E-state index is 0.402. The minimum atomic E-state index is -0.533. The summed E-state index contributed by atoms with van der Waals surface area (Å²) in [7, 11) is 1.61. The van der Waals surface area contributed by atoms with Crippen LogP contribution in [0.25, 0.3) is 17.0 Å². The first kappa shape index (κ1) is 14.2. The maximum absolute atomic E-state index is 12.2. The van der Waals surface area contributed by atoms with Crippen molar-refractivity contribution in [3.8, 4) is 5.75 Å². The Bertz CT molecular complexity index is 662. The zero-order valence-electron chi connectivity index (χ0n) is 12.3. The Labute approximate surface area is 118 Å². The molecule has 20 heavy (non-hydrogen) atoms. The molecule has 2 rings (SSSR count). The fourth-order valence-electron chi connectivity index (χ4n) is 1.99. The van der Waals surface area contributed by atoms with E-state index < -0.39 is 11.7 Å². The van der Waals surface area contributed by atoms with E-state index in [4.69, 9.17) is 9.47 Å². The molecule has 0 aliphatic carbocycles. The van der Waals surface area contributed by atoms with Crippen LogP contribution < -0.4 is 4.74 Å². The summed E-state index contributed by atoms with van der Waals surface area (Å²) in [5.41, 5.74) is 1.11. The molecule has 0 aliphatic heterocycles. The Morgan fingerprint density at radius 3 is 2.60 bits per heavy atom. The third-order valence-electron chi connectivity index (χ3n) is 2.85. The topological polar surface area (TPSA) is 40.5 Å². The summed E-state index contributed by atoms with van der Waals surface area (Å²) in [4.78, 5) is 12.2. The Morgan fingerprint density at radius 2 is 2.05 bits per heavy atom. The second-order valence-corrected chi connectivity index (χ2v) is 5.52. The number of aromatic nitrogens is 1. The van der Waals surface area contributed by atoms with Crippen molar-refractivity contribution in [1.82, 2.24) is 4.57 Å². The van der Waals surface area contributed by atoms with E-state index in [0.29, 0.717) is 0 Å². The third-order valence-corrected chi connectivity index (χ3v) is 2.85. The molecular formula is C16H19NO3. The van der Waals surface area contributed by atoms with Crippen LogP contribution >= 0.6 is 0 Å². The van der Waals surface area contributed by atoms with E-state index in [1.807, 2.05) is 39.0 Å². The van der Waals surface area contributed by atoms with E-state index >= 15 is 0 Å². The molecule has 0 atom stereocenters. The van der Waals surface area contributed by atoms with E-state index in [1.165, 1.54) is 4.57 Å². The summed E-state index contributed by atoms with van der Waals surface area (Å²) < 4.78 is 12.1. The molecule has 0 saturated carbocycles. The van der Waals surface area contributed by atoms with Crippen molar-refractivity contribution >= 4 is 23.1 Å². The highest BCUT2D eigenvalue weighted by Crippen LogP contribution is 2.27. The van der Waals surface area contributed by atoms with Crippen LogP contribution in [0, 0.1) is 0 Å². The molecule has 4 nitrogen and oxygen atoms in total. The van der Waals surface area contributed by atoms with Gasteiger partial charge in [-0.05, 0) is 39.0 Å². The van der Waals surface area contributed by atoms with Crippen molar-refractivity contribution in [1.29, 1.82) is 0 Å². The van der Waals surface area contributed by atoms with E-state index in [1.54, 1.807) is 19.4 Å². The summed E-state index contributed by atoms with van der Waals surface area (Å²) in [5, 5.41) is 0.908. The van der Waals surface area contributed by atoms with E-state index in [0.717, 1.165) is 22.2 Å². The number of benzene rings is 1. The molecule has 0 bridgehead atoms. The van der Waals surface area contributed by atoms with Gasteiger partial charge in [0.15, 0.2) is 0 Å². The monoisotopic (exact) mass is 273 g/mol. The van der Waals surface area contributed by atoms with Gasteiger partial charge in [0, 0.05) is 17.1 Å². The molecular weight excluding hydrogens is 254 g/mol. The quantitative estimate of drug-likeness (QED) is 0.828. The summed E-state index contributed by atoms with van der Waals surface area (Å²) in [5.74, 6) is 0.738. The van der Waals surface area contributed by atoms with Crippen molar-refractivity contribution in [2.75, 3.05) is 7.11 Å². The number of hydrogen-bond acceptors (Lipinski definition) is 3. The highest BCUT2D eigenvalue weighted by atomic mass is 16.6. The second-order valence-electron chi connectivity index (χ2n) is 5.52. The molecule has 2 aromatic rings. The van der Waals surface area contributed by atoms with Gasteiger partial charge in [0.05, 0.1) is 12.6 Å². The fourth-order valence-corrected chi connectivity index (χ4v) is 1.99. The SMILES string of the molecule is C=Cc1cn(C(=O)OC(C)(C)C)c2ccc(OC)cc12. The molecule has 0 N–H and O–H groups in total. The molecule has 0 radical (unpaired) electrons. The van der Waals surface area contributed by atoms with Crippen molar-refractivity contribution in [3.05, 3.63) is 36.5 Å². The van der Waals surface area contributed by atoms with Gasteiger partial charge in [-0.3, -0.25) is 4.57 Å². The standard InChI is InChI=1S/C16H19NO3/c1-6-11-10-17(15(18)20-16(2,3)4)14-8-7-12(19-5)9-13(11)14/h6-10H,1H2,2-5H3. The molecule has 1 aromatic heterocycles. The predicted octanol–water partition coefficient (Wildman–Crippen LogP) is 4.08. The lowest BCUT2D eigenvalue weighted by molar-refractivity contribution is 0.0544. The Morgan fingerprint density at radius 1 is 1.35 bits per heavy atom. The van der Waals surface area contributed by atoms with Crippen molar-refractivity contribution in [2.45, 2.75) is 26.4 Å². The lowest BCUT2D eigenvalue weighted by Gasteiger charge is -2.19. The number of ether oxygens (including phenoxy) is 2. The first-order valence-electron chi connectivity index (χ1n) is 6.40. The lowest BCUT2D eigenvalue weighted by atomic mass is 10.1. The second kappa shape index (κ2) is 5.04. The van der Waals surface area contributed by atoms with Crippen LogP contribution in [0.15, 0.2) is 31.0 Å². The number of hydrogen-bond donors (Lipinski definition) is 0. The average Bonchev–Trinajstić information content (AvgIpc) is 2.74. The normalized spacial score (nSPS) is 11.4. The number of nitrogens with zero attached hydrogens (tertiary/aromatic N) is 1. The van der Waals surface area contributed by atoms with Crippen LogP contribution in [0.1, 0.15) is 26.3 Å². The first-order valence-corrected chi connectivity index (χ1v) is 6.40. The lowest BCUT2D eigenvalue weighted by Crippen LogP contribution is -2.26. The van der Waals surface area contributed by atoms with E-state index in [9.17, 15) is 4.79 Å². The largest absolute Gasteiger partial charge is 0.497 e. The third kappa shape index (κ3) is 2.69. The van der Waals surface area contributed by atoms with Crippen LogP contribution in [0.4, 0.5) is 4.79 Å². The molecule has 1 aromatic carbocycles. The molecule has 0 unspecified atom stereocenters. The van der Waals surface area contributed by atoms with Gasteiger partial charge < -0.3 is 9.47 Å². The van der Waals surface area contributed by atoms with Gasteiger partial charge >= 0.3 is 6.09 Å². The minimum Gasteiger partial charge on any atom is -0.497 e. The van der Waals surface area contributed by atoms with Crippen LogP contribution in [-0.2, 0) is 4.74 Å². The van der Waals surface area contributed by atoms with Gasteiger partial charge in [-0.25, -0.2) is 4.79 Å². The zero-order chi connectivity index (χ0) is 14.9.